The number of ether oxygens (including phenoxy) is 4. The number of anilines is 1. The smallest absolute Gasteiger partial charge is 0.294 e. The SMILES string of the molecule is COc1ccc2c(c1)O[C@@H](O[C@H]1O[C@@H](CO)[C@H](O)[C@@H](O)[C@@H]1O)C(=O)N2. The number of hydrogen-bond acceptors (Lipinski definition) is 9. The molecular weight excluding hydrogens is 338 g/mol. The van der Waals surface area contributed by atoms with Gasteiger partial charge in [0.1, 0.15) is 30.2 Å². The summed E-state index contributed by atoms with van der Waals surface area (Å²) in [5.74, 6) is 0.143. The van der Waals surface area contributed by atoms with Crippen LogP contribution in [0.1, 0.15) is 0 Å². The Balaban J connectivity index is 1.74. The number of fused-ring (bicyclic) bond motifs is 1. The Labute approximate surface area is 142 Å². The molecule has 1 amide bonds. The lowest BCUT2D eigenvalue weighted by Crippen LogP contribution is -2.60. The third-order valence-electron chi connectivity index (χ3n) is 4.00. The number of benzene rings is 1. The Morgan fingerprint density at radius 2 is 1.96 bits per heavy atom. The molecular formula is C15H19NO9. The highest BCUT2D eigenvalue weighted by Gasteiger charge is 2.46. The Hall–Kier alpha value is -1.95. The fraction of sp³-hybridized carbons (Fsp3) is 0.533. The number of carbonyl (C=O) groups is 1. The van der Waals surface area contributed by atoms with E-state index in [1.165, 1.54) is 7.11 Å². The van der Waals surface area contributed by atoms with Crippen LogP contribution in [0.2, 0.25) is 0 Å². The van der Waals surface area contributed by atoms with Gasteiger partial charge in [-0.2, -0.15) is 0 Å². The van der Waals surface area contributed by atoms with Crippen LogP contribution in [-0.2, 0) is 14.3 Å². The lowest BCUT2D eigenvalue weighted by molar-refractivity contribution is -0.322. The maximum absolute atomic E-state index is 12.1. The van der Waals surface area contributed by atoms with Gasteiger partial charge >= 0.3 is 0 Å². The van der Waals surface area contributed by atoms with E-state index in [4.69, 9.17) is 18.9 Å². The molecule has 1 aromatic rings. The molecule has 6 atom stereocenters. The molecule has 1 aromatic carbocycles. The van der Waals surface area contributed by atoms with Crippen LogP contribution in [0.5, 0.6) is 11.5 Å². The monoisotopic (exact) mass is 357 g/mol. The van der Waals surface area contributed by atoms with Crippen molar-refractivity contribution in [3.8, 4) is 11.5 Å². The molecule has 2 heterocycles. The zero-order valence-corrected chi connectivity index (χ0v) is 13.2. The minimum absolute atomic E-state index is 0.286. The molecule has 3 rings (SSSR count). The zero-order chi connectivity index (χ0) is 18.1. The third-order valence-corrected chi connectivity index (χ3v) is 4.00. The van der Waals surface area contributed by atoms with Crippen LogP contribution in [0, 0.1) is 0 Å². The molecule has 2 aliphatic rings. The molecule has 10 nitrogen and oxygen atoms in total. The van der Waals surface area contributed by atoms with E-state index in [0.29, 0.717) is 11.4 Å². The highest BCUT2D eigenvalue weighted by atomic mass is 16.8. The molecule has 0 aromatic heterocycles. The van der Waals surface area contributed by atoms with Gasteiger partial charge in [-0.25, -0.2) is 0 Å². The second-order valence-corrected chi connectivity index (χ2v) is 5.63. The predicted molar refractivity (Wildman–Crippen MR) is 80.9 cm³/mol. The largest absolute Gasteiger partial charge is 0.497 e. The number of aliphatic hydroxyl groups excluding tert-OH is 4. The first-order valence-corrected chi connectivity index (χ1v) is 7.56. The van der Waals surface area contributed by atoms with Gasteiger partial charge < -0.3 is 44.7 Å². The molecule has 25 heavy (non-hydrogen) atoms. The van der Waals surface area contributed by atoms with E-state index >= 15 is 0 Å². The number of hydrogen-bond donors (Lipinski definition) is 5. The van der Waals surface area contributed by atoms with Gasteiger partial charge in [0.15, 0.2) is 12.0 Å². The van der Waals surface area contributed by atoms with Crippen LogP contribution in [-0.4, -0.2) is 77.0 Å². The normalized spacial score (nSPS) is 34.7. The predicted octanol–water partition coefficient (Wildman–Crippen LogP) is -1.83. The van der Waals surface area contributed by atoms with E-state index in [1.54, 1.807) is 18.2 Å². The molecule has 10 heteroatoms. The standard InChI is InChI=1S/C15H19NO9/c1-22-6-2-3-7-8(4-6)23-15(13(21)16-7)25-14-12(20)11(19)10(18)9(5-17)24-14/h2-4,9-12,14-15,17-20H,5H2,1H3,(H,16,21)/t9-,10-,11+,12-,14+,15-/m0/s1. The molecule has 2 aliphatic heterocycles. The molecule has 0 saturated carbocycles. The van der Waals surface area contributed by atoms with Crippen molar-refractivity contribution in [2.24, 2.45) is 0 Å². The van der Waals surface area contributed by atoms with Crippen LogP contribution in [0.3, 0.4) is 0 Å². The highest BCUT2D eigenvalue weighted by molar-refractivity contribution is 5.97. The number of methoxy groups -OCH3 is 1. The summed E-state index contributed by atoms with van der Waals surface area (Å²) in [6.45, 7) is -0.609. The van der Waals surface area contributed by atoms with E-state index < -0.39 is 49.5 Å². The fourth-order valence-electron chi connectivity index (χ4n) is 2.58. The molecule has 1 saturated heterocycles. The van der Waals surface area contributed by atoms with Gasteiger partial charge in [0, 0.05) is 6.07 Å². The lowest BCUT2D eigenvalue weighted by atomic mass is 9.99. The molecule has 0 aliphatic carbocycles. The number of nitrogens with one attached hydrogen (secondary N) is 1. The van der Waals surface area contributed by atoms with Crippen LogP contribution in [0.4, 0.5) is 5.69 Å². The minimum atomic E-state index is -1.64. The van der Waals surface area contributed by atoms with Gasteiger partial charge in [-0.05, 0) is 12.1 Å². The third kappa shape index (κ3) is 3.40. The van der Waals surface area contributed by atoms with Crippen molar-refractivity contribution in [1.29, 1.82) is 0 Å². The van der Waals surface area contributed by atoms with Gasteiger partial charge in [-0.3, -0.25) is 4.79 Å². The van der Waals surface area contributed by atoms with Crippen molar-refractivity contribution in [2.45, 2.75) is 37.0 Å². The topological polar surface area (TPSA) is 147 Å². The summed E-state index contributed by atoms with van der Waals surface area (Å²) in [7, 11) is 1.48. The number of rotatable bonds is 4. The Morgan fingerprint density at radius 3 is 2.64 bits per heavy atom. The summed E-state index contributed by atoms with van der Waals surface area (Å²) in [5.41, 5.74) is 0.416. The summed E-state index contributed by atoms with van der Waals surface area (Å²) in [6, 6.07) is 4.77. The first-order chi connectivity index (χ1) is 11.9. The summed E-state index contributed by atoms with van der Waals surface area (Å²) in [4.78, 5) is 12.1. The molecule has 0 bridgehead atoms. The minimum Gasteiger partial charge on any atom is -0.497 e. The second kappa shape index (κ2) is 7.12. The van der Waals surface area contributed by atoms with E-state index in [2.05, 4.69) is 5.32 Å². The summed E-state index contributed by atoms with van der Waals surface area (Å²) >= 11 is 0. The van der Waals surface area contributed by atoms with Crippen LogP contribution < -0.4 is 14.8 Å². The fourth-order valence-corrected chi connectivity index (χ4v) is 2.58. The average Bonchev–Trinajstić information content (AvgIpc) is 2.62. The van der Waals surface area contributed by atoms with Crippen LogP contribution in [0.25, 0.3) is 0 Å². The zero-order valence-electron chi connectivity index (χ0n) is 13.2. The first-order valence-electron chi connectivity index (χ1n) is 7.56. The molecule has 138 valence electrons. The van der Waals surface area contributed by atoms with Crippen molar-refractivity contribution in [2.75, 3.05) is 19.0 Å². The van der Waals surface area contributed by atoms with E-state index in [9.17, 15) is 25.2 Å². The van der Waals surface area contributed by atoms with Crippen molar-refractivity contribution < 1.29 is 44.2 Å². The van der Waals surface area contributed by atoms with Gasteiger partial charge in [0.25, 0.3) is 12.2 Å². The maximum atomic E-state index is 12.1. The number of carbonyl (C=O) groups excluding carboxylic acids is 1. The Bertz CT molecular complexity index is 637. The summed E-state index contributed by atoms with van der Waals surface area (Å²) in [5, 5.41) is 41.2. The lowest BCUT2D eigenvalue weighted by Gasteiger charge is -2.40. The Morgan fingerprint density at radius 1 is 1.20 bits per heavy atom. The molecule has 1 fully saturated rings. The van der Waals surface area contributed by atoms with Gasteiger partial charge in [0.2, 0.25) is 0 Å². The van der Waals surface area contributed by atoms with Crippen molar-refractivity contribution in [3.05, 3.63) is 18.2 Å². The van der Waals surface area contributed by atoms with Crippen LogP contribution >= 0.6 is 0 Å². The van der Waals surface area contributed by atoms with Gasteiger partial charge in [-0.15, -0.1) is 0 Å². The quantitative estimate of drug-likeness (QED) is 0.420. The number of aliphatic hydroxyl groups is 4. The first kappa shape index (κ1) is 17.9. The Kier molecular flexibility index (Phi) is 5.08. The molecule has 0 spiro atoms. The van der Waals surface area contributed by atoms with Crippen molar-refractivity contribution in [1.82, 2.24) is 0 Å². The van der Waals surface area contributed by atoms with Crippen molar-refractivity contribution in [3.63, 3.8) is 0 Å². The van der Waals surface area contributed by atoms with E-state index in [0.717, 1.165) is 0 Å². The molecule has 0 radical (unpaired) electrons. The molecule has 5 N–H and O–H groups in total. The second-order valence-electron chi connectivity index (χ2n) is 5.63. The highest BCUT2D eigenvalue weighted by Crippen LogP contribution is 2.34. The average molecular weight is 357 g/mol. The molecule has 0 unspecified atom stereocenters. The van der Waals surface area contributed by atoms with E-state index in [1.807, 2.05) is 0 Å². The summed E-state index contributed by atoms with van der Waals surface area (Å²) in [6.07, 6.45) is -8.89. The van der Waals surface area contributed by atoms with Gasteiger partial charge in [-0.1, -0.05) is 0 Å². The number of amides is 1. The van der Waals surface area contributed by atoms with Crippen LogP contribution in [0.15, 0.2) is 18.2 Å². The van der Waals surface area contributed by atoms with E-state index in [-0.39, 0.29) is 5.75 Å². The van der Waals surface area contributed by atoms with Crippen molar-refractivity contribution >= 4 is 11.6 Å². The summed E-state index contributed by atoms with van der Waals surface area (Å²) < 4.78 is 21.0. The maximum Gasteiger partial charge on any atom is 0.294 e. The van der Waals surface area contributed by atoms with Gasteiger partial charge in [0.05, 0.1) is 19.4 Å².